The summed E-state index contributed by atoms with van der Waals surface area (Å²) in [5.41, 5.74) is 2.61. The van der Waals surface area contributed by atoms with Crippen molar-refractivity contribution in [2.24, 2.45) is 0 Å². The third-order valence-electron chi connectivity index (χ3n) is 2.64. The Kier molecular flexibility index (Phi) is 2.93. The highest BCUT2D eigenvalue weighted by Crippen LogP contribution is 2.24. The van der Waals surface area contributed by atoms with Gasteiger partial charge < -0.3 is 4.74 Å². The summed E-state index contributed by atoms with van der Waals surface area (Å²) in [5.74, 6) is 1.69. The first-order chi connectivity index (χ1) is 8.83. The van der Waals surface area contributed by atoms with Gasteiger partial charge in [0, 0.05) is 11.4 Å². The Morgan fingerprint density at radius 3 is 2.89 bits per heavy atom. The number of hydrogen-bond acceptors (Lipinski definition) is 4. The predicted octanol–water partition coefficient (Wildman–Crippen LogP) is 3.23. The van der Waals surface area contributed by atoms with Crippen LogP contribution in [0.15, 0.2) is 29.0 Å². The zero-order chi connectivity index (χ0) is 12.5. The van der Waals surface area contributed by atoms with Crippen molar-refractivity contribution >= 4 is 34.1 Å². The summed E-state index contributed by atoms with van der Waals surface area (Å²) in [6.45, 7) is 0. The third kappa shape index (κ3) is 1.76. The van der Waals surface area contributed by atoms with Gasteiger partial charge in [-0.15, -0.1) is 11.6 Å². The highest BCUT2D eigenvalue weighted by molar-refractivity contribution is 7.08. The third-order valence-corrected chi connectivity index (χ3v) is 3.55. The molecule has 18 heavy (non-hydrogen) atoms. The van der Waals surface area contributed by atoms with Crippen molar-refractivity contribution < 1.29 is 4.74 Å². The molecule has 0 aromatic carbocycles. The number of methoxy groups -OCH3 is 1. The van der Waals surface area contributed by atoms with Crippen molar-refractivity contribution in [3.05, 3.63) is 34.8 Å². The molecule has 0 saturated carbocycles. The highest BCUT2D eigenvalue weighted by Gasteiger charge is 2.13. The summed E-state index contributed by atoms with van der Waals surface area (Å²) >= 11 is 7.58. The van der Waals surface area contributed by atoms with Gasteiger partial charge in [0.2, 0.25) is 5.88 Å². The molecule has 0 radical (unpaired) electrons. The van der Waals surface area contributed by atoms with Gasteiger partial charge in [-0.05, 0) is 17.5 Å². The van der Waals surface area contributed by atoms with Crippen LogP contribution in [0.3, 0.4) is 0 Å². The summed E-state index contributed by atoms with van der Waals surface area (Å²) < 4.78 is 7.11. The van der Waals surface area contributed by atoms with Gasteiger partial charge in [0.1, 0.15) is 11.3 Å². The van der Waals surface area contributed by atoms with Gasteiger partial charge in [-0.25, -0.2) is 4.98 Å². The molecule has 3 rings (SSSR count). The molecule has 0 saturated heterocycles. The number of alkyl halides is 1. The maximum Gasteiger partial charge on any atom is 0.215 e. The van der Waals surface area contributed by atoms with E-state index in [9.17, 15) is 0 Å². The zero-order valence-electron chi connectivity index (χ0n) is 9.63. The first-order valence-corrected chi connectivity index (χ1v) is 6.82. The molecule has 0 amide bonds. The number of halogens is 1. The van der Waals surface area contributed by atoms with Crippen LogP contribution in [0.5, 0.6) is 5.88 Å². The lowest BCUT2D eigenvalue weighted by atomic mass is 10.4. The van der Waals surface area contributed by atoms with Gasteiger partial charge >= 0.3 is 0 Å². The molecule has 3 aromatic rings. The van der Waals surface area contributed by atoms with E-state index in [-0.39, 0.29) is 0 Å². The smallest absolute Gasteiger partial charge is 0.215 e. The Labute approximate surface area is 113 Å². The second-order valence-electron chi connectivity index (χ2n) is 3.67. The van der Waals surface area contributed by atoms with E-state index in [4.69, 9.17) is 16.3 Å². The van der Waals surface area contributed by atoms with E-state index in [1.165, 1.54) is 0 Å². The molecule has 0 atom stereocenters. The Morgan fingerprint density at radius 1 is 1.33 bits per heavy atom. The lowest BCUT2D eigenvalue weighted by Gasteiger charge is -2.04. The van der Waals surface area contributed by atoms with Crippen molar-refractivity contribution in [1.82, 2.24) is 14.5 Å². The molecule has 0 aliphatic heterocycles. The molecule has 92 valence electrons. The normalized spacial score (nSPS) is 11.0. The van der Waals surface area contributed by atoms with E-state index in [0.717, 1.165) is 22.7 Å². The molecule has 0 bridgehead atoms. The average molecular weight is 280 g/mol. The van der Waals surface area contributed by atoms with Crippen LogP contribution < -0.4 is 4.74 Å². The minimum atomic E-state index is 0.342. The Morgan fingerprint density at radius 2 is 2.22 bits per heavy atom. The molecule has 3 aromatic heterocycles. The summed E-state index contributed by atoms with van der Waals surface area (Å²) in [7, 11) is 1.60. The topological polar surface area (TPSA) is 39.9 Å². The largest absolute Gasteiger partial charge is 0.481 e. The van der Waals surface area contributed by atoms with Crippen LogP contribution in [0.4, 0.5) is 0 Å². The molecular formula is C12H10ClN3OS. The van der Waals surface area contributed by atoms with Crippen LogP contribution in [0, 0.1) is 0 Å². The SMILES string of the molecule is COc1ccc2nc(CCl)n(-c3ccsc3)c2n1. The van der Waals surface area contributed by atoms with Crippen molar-refractivity contribution in [1.29, 1.82) is 0 Å². The second kappa shape index (κ2) is 4.59. The zero-order valence-corrected chi connectivity index (χ0v) is 11.2. The van der Waals surface area contributed by atoms with Crippen LogP contribution in [-0.4, -0.2) is 21.6 Å². The number of ether oxygens (including phenoxy) is 1. The fourth-order valence-electron chi connectivity index (χ4n) is 1.85. The summed E-state index contributed by atoms with van der Waals surface area (Å²) in [5, 5.41) is 4.05. The van der Waals surface area contributed by atoms with E-state index in [2.05, 4.69) is 9.97 Å². The fraction of sp³-hybridized carbons (Fsp3) is 0.167. The van der Waals surface area contributed by atoms with E-state index < -0.39 is 0 Å². The van der Waals surface area contributed by atoms with E-state index >= 15 is 0 Å². The van der Waals surface area contributed by atoms with Crippen LogP contribution in [-0.2, 0) is 5.88 Å². The van der Waals surface area contributed by atoms with Gasteiger partial charge in [0.25, 0.3) is 0 Å². The minimum absolute atomic E-state index is 0.342. The summed E-state index contributed by atoms with van der Waals surface area (Å²) in [4.78, 5) is 8.92. The second-order valence-corrected chi connectivity index (χ2v) is 4.72. The molecular weight excluding hydrogens is 270 g/mol. The van der Waals surface area contributed by atoms with Gasteiger partial charge in [-0.1, -0.05) is 0 Å². The standard InChI is InChI=1S/C12H10ClN3OS/c1-17-11-3-2-9-12(15-11)16(10(6-13)14-9)8-4-5-18-7-8/h2-5,7H,6H2,1H3. The quantitative estimate of drug-likeness (QED) is 0.691. The Hall–Kier alpha value is -1.59. The predicted molar refractivity (Wildman–Crippen MR) is 72.9 cm³/mol. The monoisotopic (exact) mass is 279 g/mol. The lowest BCUT2D eigenvalue weighted by molar-refractivity contribution is 0.399. The van der Waals surface area contributed by atoms with E-state index in [0.29, 0.717) is 11.8 Å². The average Bonchev–Trinajstić information content (AvgIpc) is 3.03. The van der Waals surface area contributed by atoms with Crippen LogP contribution in [0.2, 0.25) is 0 Å². The number of hydrogen-bond donors (Lipinski definition) is 0. The number of aromatic nitrogens is 3. The van der Waals surface area contributed by atoms with Crippen LogP contribution in [0.1, 0.15) is 5.82 Å². The van der Waals surface area contributed by atoms with Gasteiger partial charge in [-0.2, -0.15) is 16.3 Å². The first kappa shape index (κ1) is 11.5. The number of fused-ring (bicyclic) bond motifs is 1. The van der Waals surface area contributed by atoms with Gasteiger partial charge in [-0.3, -0.25) is 4.57 Å². The van der Waals surface area contributed by atoms with Crippen LogP contribution in [0.25, 0.3) is 16.9 Å². The molecule has 6 heteroatoms. The molecule has 0 fully saturated rings. The Bertz CT molecular complexity index is 678. The van der Waals surface area contributed by atoms with Crippen LogP contribution >= 0.6 is 22.9 Å². The number of pyridine rings is 1. The molecule has 4 nitrogen and oxygen atoms in total. The maximum absolute atomic E-state index is 5.96. The van der Waals surface area contributed by atoms with Crippen molar-refractivity contribution in [3.63, 3.8) is 0 Å². The van der Waals surface area contributed by atoms with Crippen molar-refractivity contribution in [2.75, 3.05) is 7.11 Å². The number of thiophene rings is 1. The number of nitrogens with zero attached hydrogens (tertiary/aromatic N) is 3. The number of imidazole rings is 1. The molecule has 3 heterocycles. The minimum Gasteiger partial charge on any atom is -0.481 e. The summed E-state index contributed by atoms with van der Waals surface area (Å²) in [6, 6.07) is 5.70. The summed E-state index contributed by atoms with van der Waals surface area (Å²) in [6.07, 6.45) is 0. The molecule has 0 aliphatic carbocycles. The maximum atomic E-state index is 5.96. The fourth-order valence-corrected chi connectivity index (χ4v) is 2.65. The van der Waals surface area contributed by atoms with Gasteiger partial charge in [0.15, 0.2) is 5.65 Å². The molecule has 0 aliphatic rings. The van der Waals surface area contributed by atoms with Crippen molar-refractivity contribution in [2.45, 2.75) is 5.88 Å². The number of rotatable bonds is 3. The molecule has 0 spiro atoms. The van der Waals surface area contributed by atoms with E-state index in [1.807, 2.05) is 27.5 Å². The lowest BCUT2D eigenvalue weighted by Crippen LogP contribution is -1.99. The van der Waals surface area contributed by atoms with Crippen molar-refractivity contribution in [3.8, 4) is 11.6 Å². The highest BCUT2D eigenvalue weighted by atomic mass is 35.5. The van der Waals surface area contributed by atoms with E-state index in [1.54, 1.807) is 24.5 Å². The molecule has 0 N–H and O–H groups in total. The Balaban J connectivity index is 2.32. The molecule has 0 unspecified atom stereocenters. The van der Waals surface area contributed by atoms with Gasteiger partial charge in [0.05, 0.1) is 18.7 Å². The first-order valence-electron chi connectivity index (χ1n) is 5.34.